The van der Waals surface area contributed by atoms with Gasteiger partial charge in [-0.05, 0) is 43.5 Å². The van der Waals surface area contributed by atoms with E-state index in [0.717, 1.165) is 38.8 Å². The van der Waals surface area contributed by atoms with Crippen molar-refractivity contribution in [3.63, 3.8) is 0 Å². The molecule has 0 unspecified atom stereocenters. The molecule has 7 heteroatoms. The van der Waals surface area contributed by atoms with Gasteiger partial charge in [-0.1, -0.05) is 42.6 Å². The number of benzene rings is 1. The normalized spacial score (nSPS) is 15.4. The van der Waals surface area contributed by atoms with Crippen LogP contribution < -0.4 is 0 Å². The minimum atomic E-state index is -3.67. The molecule has 1 aliphatic heterocycles. The van der Waals surface area contributed by atoms with Crippen molar-refractivity contribution >= 4 is 27.3 Å². The molecule has 144 valence electrons. The van der Waals surface area contributed by atoms with Gasteiger partial charge in [-0.3, -0.25) is 4.79 Å². The van der Waals surface area contributed by atoms with E-state index in [0.29, 0.717) is 17.0 Å². The van der Waals surface area contributed by atoms with Gasteiger partial charge >= 0.3 is 0 Å². The number of aromatic nitrogens is 1. The Morgan fingerprint density at radius 2 is 1.74 bits per heavy atom. The second-order valence-electron chi connectivity index (χ2n) is 6.87. The fourth-order valence-corrected chi connectivity index (χ4v) is 5.58. The number of carbonyl (C=O) groups excluding carboxylic acids is 1. The van der Waals surface area contributed by atoms with E-state index in [4.69, 9.17) is 11.6 Å². The monoisotopic (exact) mass is 406 g/mol. The Morgan fingerprint density at radius 1 is 1.07 bits per heavy atom. The topological polar surface area (TPSA) is 67.3 Å². The molecule has 0 atom stereocenters. The highest BCUT2D eigenvalue weighted by Gasteiger charge is 2.23. The average molecular weight is 407 g/mol. The summed E-state index contributed by atoms with van der Waals surface area (Å²) < 4.78 is 25.7. The molecule has 1 aliphatic rings. The standard InChI is InChI=1S/C20H23ClN2O3S/c1-15-8-6-10-17(21)19(15)27(25,26)14-16-9-7-11-18(22-16)20(24)23-12-4-2-3-5-13-23/h6-11H,2-5,12-14H2,1H3. The molecule has 0 N–H and O–H groups in total. The molecule has 0 aliphatic carbocycles. The van der Waals surface area contributed by atoms with Crippen LogP contribution in [0.1, 0.15) is 47.4 Å². The molecule has 3 rings (SSSR count). The Bertz CT molecular complexity index is 916. The fraction of sp³-hybridized carbons (Fsp3) is 0.400. The lowest BCUT2D eigenvalue weighted by Crippen LogP contribution is -2.32. The Kier molecular flexibility index (Phi) is 6.17. The zero-order valence-electron chi connectivity index (χ0n) is 15.3. The van der Waals surface area contributed by atoms with Crippen LogP contribution in [0.5, 0.6) is 0 Å². The summed E-state index contributed by atoms with van der Waals surface area (Å²) in [4.78, 5) is 19.0. The first-order chi connectivity index (χ1) is 12.9. The van der Waals surface area contributed by atoms with Gasteiger partial charge in [0, 0.05) is 13.1 Å². The summed E-state index contributed by atoms with van der Waals surface area (Å²) in [5, 5.41) is 0.201. The molecule has 1 aromatic carbocycles. The number of hydrogen-bond donors (Lipinski definition) is 0. The zero-order chi connectivity index (χ0) is 19.4. The van der Waals surface area contributed by atoms with E-state index < -0.39 is 9.84 Å². The van der Waals surface area contributed by atoms with Gasteiger partial charge in [0.15, 0.2) is 9.84 Å². The minimum absolute atomic E-state index is 0.123. The molecule has 1 aromatic heterocycles. The van der Waals surface area contributed by atoms with E-state index in [9.17, 15) is 13.2 Å². The number of sulfone groups is 1. The number of rotatable bonds is 4. The smallest absolute Gasteiger partial charge is 0.272 e. The third-order valence-corrected chi connectivity index (χ3v) is 7.00. The van der Waals surface area contributed by atoms with Crippen molar-refractivity contribution in [3.8, 4) is 0 Å². The highest BCUT2D eigenvalue weighted by atomic mass is 35.5. The Hall–Kier alpha value is -1.92. The van der Waals surface area contributed by atoms with E-state index in [-0.39, 0.29) is 21.6 Å². The van der Waals surface area contributed by atoms with Crippen LogP contribution in [0.4, 0.5) is 0 Å². The number of nitrogens with zero attached hydrogens (tertiary/aromatic N) is 2. The highest BCUT2D eigenvalue weighted by Crippen LogP contribution is 2.27. The van der Waals surface area contributed by atoms with Crippen LogP contribution in [0.2, 0.25) is 5.02 Å². The Labute approximate surface area is 165 Å². The van der Waals surface area contributed by atoms with E-state index in [1.807, 2.05) is 4.90 Å². The predicted octanol–water partition coefficient (Wildman–Crippen LogP) is 4.03. The van der Waals surface area contributed by atoms with Crippen LogP contribution in [0.3, 0.4) is 0 Å². The molecule has 1 amide bonds. The average Bonchev–Trinajstić information content (AvgIpc) is 2.90. The lowest BCUT2D eigenvalue weighted by atomic mass is 10.2. The second kappa shape index (κ2) is 8.40. The van der Waals surface area contributed by atoms with Gasteiger partial charge in [0.05, 0.1) is 21.4 Å². The molecule has 0 radical (unpaired) electrons. The summed E-state index contributed by atoms with van der Waals surface area (Å²) in [6.45, 7) is 3.16. The molecular formula is C20H23ClN2O3S. The van der Waals surface area contributed by atoms with Crippen molar-refractivity contribution < 1.29 is 13.2 Å². The summed E-state index contributed by atoms with van der Waals surface area (Å²) in [7, 11) is -3.67. The van der Waals surface area contributed by atoms with Gasteiger partial charge in [-0.25, -0.2) is 13.4 Å². The first-order valence-electron chi connectivity index (χ1n) is 9.11. The number of carbonyl (C=O) groups is 1. The van der Waals surface area contributed by atoms with E-state index >= 15 is 0 Å². The maximum atomic E-state index is 12.9. The molecule has 5 nitrogen and oxygen atoms in total. The zero-order valence-corrected chi connectivity index (χ0v) is 16.9. The van der Waals surface area contributed by atoms with Crippen molar-refractivity contribution in [2.75, 3.05) is 13.1 Å². The number of hydrogen-bond acceptors (Lipinski definition) is 4. The number of amides is 1. The molecule has 27 heavy (non-hydrogen) atoms. The minimum Gasteiger partial charge on any atom is -0.337 e. The Balaban J connectivity index is 1.84. The second-order valence-corrected chi connectivity index (χ2v) is 9.20. The lowest BCUT2D eigenvalue weighted by Gasteiger charge is -2.20. The molecular weight excluding hydrogens is 384 g/mol. The van der Waals surface area contributed by atoms with Crippen LogP contribution in [-0.2, 0) is 15.6 Å². The molecule has 1 saturated heterocycles. The quantitative estimate of drug-likeness (QED) is 0.768. The van der Waals surface area contributed by atoms with Gasteiger partial charge in [-0.15, -0.1) is 0 Å². The van der Waals surface area contributed by atoms with E-state index in [1.165, 1.54) is 0 Å². The largest absolute Gasteiger partial charge is 0.337 e. The van der Waals surface area contributed by atoms with Crippen LogP contribution >= 0.6 is 11.6 Å². The summed E-state index contributed by atoms with van der Waals surface area (Å²) in [6, 6.07) is 9.95. The van der Waals surface area contributed by atoms with E-state index in [2.05, 4.69) is 4.98 Å². The van der Waals surface area contributed by atoms with Gasteiger partial charge in [-0.2, -0.15) is 0 Å². The SMILES string of the molecule is Cc1cccc(Cl)c1S(=O)(=O)Cc1cccc(C(=O)N2CCCCCC2)n1. The van der Waals surface area contributed by atoms with Gasteiger partial charge in [0.2, 0.25) is 0 Å². The maximum absolute atomic E-state index is 12.9. The van der Waals surface area contributed by atoms with Crippen LogP contribution in [-0.4, -0.2) is 37.3 Å². The summed E-state index contributed by atoms with van der Waals surface area (Å²) in [5.74, 6) is -0.427. The first kappa shape index (κ1) is 19.8. The number of halogens is 1. The number of likely N-dealkylation sites (tertiary alicyclic amines) is 1. The molecule has 1 fully saturated rings. The molecule has 2 heterocycles. The van der Waals surface area contributed by atoms with E-state index in [1.54, 1.807) is 43.3 Å². The first-order valence-corrected chi connectivity index (χ1v) is 11.1. The Morgan fingerprint density at radius 3 is 2.41 bits per heavy atom. The van der Waals surface area contributed by atoms with Gasteiger partial charge in [0.25, 0.3) is 5.91 Å². The summed E-state index contributed by atoms with van der Waals surface area (Å²) in [5.41, 5.74) is 1.23. The lowest BCUT2D eigenvalue weighted by molar-refractivity contribution is 0.0755. The summed E-state index contributed by atoms with van der Waals surface area (Å²) >= 11 is 6.12. The highest BCUT2D eigenvalue weighted by molar-refractivity contribution is 7.90. The van der Waals surface area contributed by atoms with Crippen LogP contribution in [0, 0.1) is 6.92 Å². The third kappa shape index (κ3) is 4.68. The van der Waals surface area contributed by atoms with Crippen molar-refractivity contribution in [2.24, 2.45) is 0 Å². The molecule has 2 aromatic rings. The van der Waals surface area contributed by atoms with Crippen molar-refractivity contribution in [3.05, 3.63) is 58.4 Å². The molecule has 0 spiro atoms. The van der Waals surface area contributed by atoms with Crippen LogP contribution in [0.15, 0.2) is 41.3 Å². The van der Waals surface area contributed by atoms with Crippen molar-refractivity contribution in [2.45, 2.75) is 43.3 Å². The number of pyridine rings is 1. The molecule has 0 saturated carbocycles. The van der Waals surface area contributed by atoms with Gasteiger partial charge in [0.1, 0.15) is 5.69 Å². The van der Waals surface area contributed by atoms with Crippen molar-refractivity contribution in [1.82, 2.24) is 9.88 Å². The molecule has 0 bridgehead atoms. The predicted molar refractivity (Wildman–Crippen MR) is 106 cm³/mol. The van der Waals surface area contributed by atoms with Crippen LogP contribution in [0.25, 0.3) is 0 Å². The summed E-state index contributed by atoms with van der Waals surface area (Å²) in [6.07, 6.45) is 4.25. The fourth-order valence-electron chi connectivity index (χ4n) is 3.39. The third-order valence-electron chi connectivity index (χ3n) is 4.73. The maximum Gasteiger partial charge on any atom is 0.272 e. The van der Waals surface area contributed by atoms with Crippen molar-refractivity contribution in [1.29, 1.82) is 0 Å². The number of aryl methyl sites for hydroxylation is 1. The van der Waals surface area contributed by atoms with Gasteiger partial charge < -0.3 is 4.90 Å².